The van der Waals surface area contributed by atoms with Gasteiger partial charge in [0.15, 0.2) is 0 Å². The van der Waals surface area contributed by atoms with Crippen molar-refractivity contribution in [1.29, 1.82) is 0 Å². The number of rotatable bonds is 9. The largest absolute Gasteiger partial charge is 0.488 e. The summed E-state index contributed by atoms with van der Waals surface area (Å²) >= 11 is 6.10. The minimum Gasteiger partial charge on any atom is -0.488 e. The Morgan fingerprint density at radius 3 is 2.81 bits per heavy atom. The second kappa shape index (κ2) is 10.4. The zero-order valence-electron chi connectivity index (χ0n) is 18.8. The zero-order valence-corrected chi connectivity index (χ0v) is 19.6. The molecule has 1 saturated heterocycles. The molecule has 4 atom stereocenters. The van der Waals surface area contributed by atoms with Crippen LogP contribution in [0.3, 0.4) is 0 Å². The molecular formula is C25H31ClN2O4. The number of nitrogens with one attached hydrogen (secondary N) is 2. The molecule has 32 heavy (non-hydrogen) atoms. The SMILES string of the molecule is C=C[C@@H]1C[C@]1(NC(=O)[C@@H]1C[C@@H](O/C(=C/C=CC)c2ccc(Cl)cc2C)CN1)C(=O)OCC. The number of carbonyl (C=O) groups excluding carboxylic acids is 2. The number of esters is 1. The highest BCUT2D eigenvalue weighted by atomic mass is 35.5. The number of halogens is 1. The third-order valence-electron chi connectivity index (χ3n) is 5.88. The van der Waals surface area contributed by atoms with Crippen LogP contribution >= 0.6 is 11.6 Å². The fourth-order valence-corrected chi connectivity index (χ4v) is 4.25. The van der Waals surface area contributed by atoms with Crippen molar-refractivity contribution in [1.82, 2.24) is 10.6 Å². The molecule has 1 aliphatic heterocycles. The van der Waals surface area contributed by atoms with E-state index in [0.717, 1.165) is 16.9 Å². The maximum atomic E-state index is 12.9. The van der Waals surface area contributed by atoms with Crippen molar-refractivity contribution in [2.24, 2.45) is 5.92 Å². The summed E-state index contributed by atoms with van der Waals surface area (Å²) in [5.41, 5.74) is 0.968. The number of hydrogen-bond donors (Lipinski definition) is 2. The van der Waals surface area contributed by atoms with Crippen LogP contribution in [0.1, 0.15) is 37.8 Å². The molecule has 2 aliphatic rings. The predicted molar refractivity (Wildman–Crippen MR) is 126 cm³/mol. The van der Waals surface area contributed by atoms with Gasteiger partial charge in [-0.05, 0) is 57.0 Å². The Balaban J connectivity index is 1.66. The molecule has 1 heterocycles. The fraction of sp³-hybridized carbons (Fsp3) is 0.440. The topological polar surface area (TPSA) is 76.7 Å². The minimum atomic E-state index is -0.993. The molecule has 0 spiro atoms. The Bertz CT molecular complexity index is 942. The Kier molecular flexibility index (Phi) is 7.80. The van der Waals surface area contributed by atoms with Gasteiger partial charge in [0.25, 0.3) is 0 Å². The van der Waals surface area contributed by atoms with E-state index < -0.39 is 17.6 Å². The van der Waals surface area contributed by atoms with Gasteiger partial charge in [-0.25, -0.2) is 4.79 Å². The highest BCUT2D eigenvalue weighted by Crippen LogP contribution is 2.45. The number of benzene rings is 1. The van der Waals surface area contributed by atoms with Crippen LogP contribution in [-0.2, 0) is 19.1 Å². The second-order valence-corrected chi connectivity index (χ2v) is 8.62. The Morgan fingerprint density at radius 2 is 2.19 bits per heavy atom. The molecule has 0 bridgehead atoms. The van der Waals surface area contributed by atoms with E-state index in [2.05, 4.69) is 17.2 Å². The summed E-state index contributed by atoms with van der Waals surface area (Å²) < 4.78 is 11.5. The zero-order chi connectivity index (χ0) is 23.3. The lowest BCUT2D eigenvalue weighted by atomic mass is 10.1. The first kappa shape index (κ1) is 24.1. The lowest BCUT2D eigenvalue weighted by Crippen LogP contribution is -2.51. The molecule has 6 nitrogen and oxygen atoms in total. The Hall–Kier alpha value is -2.57. The number of allylic oxidation sites excluding steroid dienone is 3. The monoisotopic (exact) mass is 458 g/mol. The van der Waals surface area contributed by atoms with Gasteiger partial charge >= 0.3 is 5.97 Å². The van der Waals surface area contributed by atoms with Crippen molar-refractivity contribution < 1.29 is 19.1 Å². The van der Waals surface area contributed by atoms with Crippen LogP contribution in [0.2, 0.25) is 5.02 Å². The average Bonchev–Trinajstić information content (AvgIpc) is 3.27. The number of aryl methyl sites for hydroxylation is 1. The smallest absolute Gasteiger partial charge is 0.332 e. The number of amides is 1. The lowest BCUT2D eigenvalue weighted by molar-refractivity contribution is -0.149. The molecule has 172 valence electrons. The fourth-order valence-electron chi connectivity index (χ4n) is 4.02. The van der Waals surface area contributed by atoms with Gasteiger partial charge in [-0.15, -0.1) is 6.58 Å². The number of carbonyl (C=O) groups is 2. The Morgan fingerprint density at radius 1 is 1.41 bits per heavy atom. The molecule has 0 unspecified atom stereocenters. The van der Waals surface area contributed by atoms with E-state index >= 15 is 0 Å². The first-order chi connectivity index (χ1) is 15.3. The highest BCUT2D eigenvalue weighted by Gasteiger charge is 2.61. The summed E-state index contributed by atoms with van der Waals surface area (Å²) in [4.78, 5) is 25.3. The van der Waals surface area contributed by atoms with Crippen molar-refractivity contribution in [2.45, 2.75) is 51.3 Å². The van der Waals surface area contributed by atoms with E-state index in [-0.39, 0.29) is 24.5 Å². The highest BCUT2D eigenvalue weighted by molar-refractivity contribution is 6.30. The Labute approximate surface area is 194 Å². The molecule has 2 fully saturated rings. The van der Waals surface area contributed by atoms with Gasteiger partial charge in [0.05, 0.1) is 12.6 Å². The van der Waals surface area contributed by atoms with E-state index in [0.29, 0.717) is 24.4 Å². The summed E-state index contributed by atoms with van der Waals surface area (Å²) in [7, 11) is 0. The maximum Gasteiger partial charge on any atom is 0.332 e. The second-order valence-electron chi connectivity index (χ2n) is 8.18. The average molecular weight is 459 g/mol. The molecule has 1 saturated carbocycles. The lowest BCUT2D eigenvalue weighted by Gasteiger charge is -2.20. The van der Waals surface area contributed by atoms with E-state index in [4.69, 9.17) is 21.1 Å². The van der Waals surface area contributed by atoms with Crippen molar-refractivity contribution in [3.8, 4) is 0 Å². The molecule has 2 N–H and O–H groups in total. The number of hydrogen-bond acceptors (Lipinski definition) is 5. The molecule has 0 aromatic heterocycles. The van der Waals surface area contributed by atoms with Gasteiger partial charge in [0.2, 0.25) is 5.91 Å². The molecule has 7 heteroatoms. The number of ether oxygens (including phenoxy) is 2. The quantitative estimate of drug-likeness (QED) is 0.254. The van der Waals surface area contributed by atoms with Gasteiger partial charge in [-0.2, -0.15) is 0 Å². The van der Waals surface area contributed by atoms with Crippen LogP contribution in [0.5, 0.6) is 0 Å². The van der Waals surface area contributed by atoms with Crippen molar-refractivity contribution in [2.75, 3.05) is 13.2 Å². The van der Waals surface area contributed by atoms with Crippen LogP contribution in [0.25, 0.3) is 5.76 Å². The summed E-state index contributed by atoms with van der Waals surface area (Å²) in [5.74, 6) is -0.0155. The summed E-state index contributed by atoms with van der Waals surface area (Å²) in [6.45, 7) is 10.2. The first-order valence-corrected chi connectivity index (χ1v) is 11.3. The van der Waals surface area contributed by atoms with E-state index in [9.17, 15) is 9.59 Å². The van der Waals surface area contributed by atoms with Gasteiger partial charge in [0.1, 0.15) is 17.4 Å². The van der Waals surface area contributed by atoms with Crippen molar-refractivity contribution in [3.63, 3.8) is 0 Å². The summed E-state index contributed by atoms with van der Waals surface area (Å²) in [5, 5.41) is 6.79. The first-order valence-electron chi connectivity index (χ1n) is 11.0. The van der Waals surface area contributed by atoms with Crippen LogP contribution in [-0.4, -0.2) is 42.7 Å². The van der Waals surface area contributed by atoms with Crippen LogP contribution in [0.15, 0.2) is 49.1 Å². The summed E-state index contributed by atoms with van der Waals surface area (Å²) in [6.07, 6.45) is 8.27. The minimum absolute atomic E-state index is 0.109. The molecule has 1 aromatic carbocycles. The van der Waals surface area contributed by atoms with Crippen LogP contribution in [0.4, 0.5) is 0 Å². The van der Waals surface area contributed by atoms with Gasteiger partial charge in [0, 0.05) is 29.5 Å². The third kappa shape index (κ3) is 5.25. The van der Waals surface area contributed by atoms with Gasteiger partial charge in [-0.3, -0.25) is 4.79 Å². The standard InChI is InChI=1S/C25H31ClN2O4/c1-5-8-9-22(20-11-10-18(26)12-16(20)4)32-19-13-21(27-15-19)23(29)28-25(14-17(25)6-2)24(30)31-7-3/h5-6,8-12,17,19,21,27H,2,7,13-15H2,1,3-4H3,(H,28,29)/b8-5?,22-9+/t17-,19-,21+,25-/m1/s1. The summed E-state index contributed by atoms with van der Waals surface area (Å²) in [6, 6.07) is 5.21. The molecule has 3 rings (SSSR count). The van der Waals surface area contributed by atoms with Crippen molar-refractivity contribution in [3.05, 3.63) is 65.2 Å². The molecule has 0 radical (unpaired) electrons. The van der Waals surface area contributed by atoms with Gasteiger partial charge < -0.3 is 20.1 Å². The normalized spacial score (nSPS) is 27.2. The molecule has 1 aliphatic carbocycles. The predicted octanol–water partition coefficient (Wildman–Crippen LogP) is 3.94. The van der Waals surface area contributed by atoms with Crippen LogP contribution < -0.4 is 10.6 Å². The van der Waals surface area contributed by atoms with Crippen LogP contribution in [0, 0.1) is 12.8 Å². The maximum absolute atomic E-state index is 12.9. The third-order valence-corrected chi connectivity index (χ3v) is 6.11. The molecule has 1 aromatic rings. The van der Waals surface area contributed by atoms with E-state index in [1.54, 1.807) is 13.0 Å². The van der Waals surface area contributed by atoms with E-state index in [1.165, 1.54) is 0 Å². The van der Waals surface area contributed by atoms with Gasteiger partial charge in [-0.1, -0.05) is 29.8 Å². The van der Waals surface area contributed by atoms with Crippen molar-refractivity contribution >= 4 is 29.2 Å². The van der Waals surface area contributed by atoms with E-state index in [1.807, 2.05) is 50.3 Å². The molecule has 1 amide bonds. The molecular weight excluding hydrogens is 428 g/mol.